The van der Waals surface area contributed by atoms with Crippen LogP contribution in [0.25, 0.3) is 0 Å². The molecule has 0 fully saturated rings. The molecule has 0 aliphatic heterocycles. The first-order valence-corrected chi connectivity index (χ1v) is 6.54. The summed E-state index contributed by atoms with van der Waals surface area (Å²) in [6.45, 7) is 16.0. The van der Waals surface area contributed by atoms with Gasteiger partial charge in [-0.25, -0.2) is 0 Å². The Morgan fingerprint density at radius 3 is 1.94 bits per heavy atom. The Hall–Kier alpha value is -0.520. The van der Waals surface area contributed by atoms with Crippen LogP contribution < -0.4 is 0 Å². The van der Waals surface area contributed by atoms with Gasteiger partial charge in [0.1, 0.15) is 0 Å². The van der Waals surface area contributed by atoms with Gasteiger partial charge in [-0.3, -0.25) is 0 Å². The second-order valence-corrected chi connectivity index (χ2v) is 6.40. The van der Waals surface area contributed by atoms with Crippen LogP contribution in [0.15, 0.2) is 23.8 Å². The third kappa shape index (κ3) is 6.15. The molecule has 0 bridgehead atoms. The van der Waals surface area contributed by atoms with Crippen molar-refractivity contribution in [2.45, 2.75) is 67.7 Å². The van der Waals surface area contributed by atoms with Gasteiger partial charge in [-0.15, -0.1) is 0 Å². The average Bonchev–Trinajstić information content (AvgIpc) is 2.15. The molecule has 0 unspecified atom stereocenters. The first-order chi connectivity index (χ1) is 7.26. The van der Waals surface area contributed by atoms with E-state index in [2.05, 4.69) is 66.7 Å². The predicted molar refractivity (Wildman–Crippen MR) is 75.7 cm³/mol. The Bertz CT molecular complexity index is 251. The van der Waals surface area contributed by atoms with Gasteiger partial charge in [0, 0.05) is 0 Å². The first-order valence-electron chi connectivity index (χ1n) is 6.54. The highest BCUT2D eigenvalue weighted by Crippen LogP contribution is 2.39. The van der Waals surface area contributed by atoms with Crippen molar-refractivity contribution in [1.82, 2.24) is 0 Å². The summed E-state index contributed by atoms with van der Waals surface area (Å²) in [5, 5.41) is 0. The quantitative estimate of drug-likeness (QED) is 0.502. The molecule has 0 aliphatic carbocycles. The van der Waals surface area contributed by atoms with Gasteiger partial charge in [0.05, 0.1) is 0 Å². The van der Waals surface area contributed by atoms with E-state index in [9.17, 15) is 0 Å². The maximum Gasteiger partial charge on any atom is -0.0230 e. The van der Waals surface area contributed by atoms with Gasteiger partial charge >= 0.3 is 0 Å². The van der Waals surface area contributed by atoms with Crippen LogP contribution in [0.2, 0.25) is 0 Å². The summed E-state index contributed by atoms with van der Waals surface area (Å²) in [7, 11) is 0. The summed E-state index contributed by atoms with van der Waals surface area (Å²) in [5.74, 6) is 0. The number of allylic oxidation sites excluding steroid dienone is 4. The van der Waals surface area contributed by atoms with E-state index in [1.807, 2.05) is 0 Å². The smallest absolute Gasteiger partial charge is 0.0230 e. The van der Waals surface area contributed by atoms with Crippen molar-refractivity contribution >= 4 is 0 Å². The minimum Gasteiger partial charge on any atom is -0.0874 e. The molecule has 0 N–H and O–H groups in total. The molecular weight excluding hydrogens is 192 g/mol. The molecule has 0 saturated heterocycles. The van der Waals surface area contributed by atoms with Crippen LogP contribution in [-0.2, 0) is 0 Å². The van der Waals surface area contributed by atoms with E-state index in [0.29, 0.717) is 10.8 Å². The van der Waals surface area contributed by atoms with E-state index < -0.39 is 0 Å². The van der Waals surface area contributed by atoms with Crippen LogP contribution in [-0.4, -0.2) is 0 Å². The molecule has 0 aromatic heterocycles. The van der Waals surface area contributed by atoms with Crippen molar-refractivity contribution in [3.05, 3.63) is 23.8 Å². The lowest BCUT2D eigenvalue weighted by Gasteiger charge is -2.34. The van der Waals surface area contributed by atoms with E-state index in [4.69, 9.17) is 0 Å². The second kappa shape index (κ2) is 6.27. The number of hydrogen-bond acceptors (Lipinski definition) is 0. The second-order valence-electron chi connectivity index (χ2n) is 6.40. The van der Waals surface area contributed by atoms with Gasteiger partial charge in [-0.05, 0) is 37.5 Å². The van der Waals surface area contributed by atoms with E-state index in [1.165, 1.54) is 24.8 Å². The van der Waals surface area contributed by atoms with Gasteiger partial charge in [-0.1, -0.05) is 64.8 Å². The van der Waals surface area contributed by atoms with Gasteiger partial charge in [0.15, 0.2) is 0 Å². The molecule has 0 aromatic carbocycles. The predicted octanol–water partition coefficient (Wildman–Crippen LogP) is 5.75. The largest absolute Gasteiger partial charge is 0.0874 e. The summed E-state index contributed by atoms with van der Waals surface area (Å²) in [4.78, 5) is 0. The third-order valence-corrected chi connectivity index (χ3v) is 3.35. The van der Waals surface area contributed by atoms with Crippen LogP contribution in [0.3, 0.4) is 0 Å². The molecule has 0 radical (unpaired) electrons. The van der Waals surface area contributed by atoms with Gasteiger partial charge in [0.2, 0.25) is 0 Å². The van der Waals surface area contributed by atoms with E-state index in [0.717, 1.165) is 0 Å². The minimum atomic E-state index is 0.390. The van der Waals surface area contributed by atoms with Crippen LogP contribution in [0.1, 0.15) is 67.7 Å². The van der Waals surface area contributed by atoms with Crippen molar-refractivity contribution in [2.24, 2.45) is 10.8 Å². The van der Waals surface area contributed by atoms with Crippen molar-refractivity contribution in [2.75, 3.05) is 0 Å². The maximum absolute atomic E-state index is 2.39. The highest BCUT2D eigenvalue weighted by molar-refractivity contribution is 5.18. The first kappa shape index (κ1) is 15.5. The fourth-order valence-corrected chi connectivity index (χ4v) is 2.51. The maximum atomic E-state index is 2.39. The topological polar surface area (TPSA) is 0 Å². The minimum absolute atomic E-state index is 0.390. The van der Waals surface area contributed by atoms with Gasteiger partial charge < -0.3 is 0 Å². The Morgan fingerprint density at radius 2 is 1.56 bits per heavy atom. The highest BCUT2D eigenvalue weighted by Gasteiger charge is 2.27. The zero-order chi connectivity index (χ0) is 12.8. The number of hydrogen-bond donors (Lipinski definition) is 0. The third-order valence-electron chi connectivity index (χ3n) is 3.35. The summed E-state index contributed by atoms with van der Waals surface area (Å²) in [6.07, 6.45) is 10.3. The van der Waals surface area contributed by atoms with Crippen molar-refractivity contribution in [3.8, 4) is 0 Å². The van der Waals surface area contributed by atoms with Crippen molar-refractivity contribution in [3.63, 3.8) is 0 Å². The Morgan fingerprint density at radius 1 is 1.00 bits per heavy atom. The molecule has 0 heterocycles. The fraction of sp³-hybridized carbons (Fsp3) is 0.750. The van der Waals surface area contributed by atoms with E-state index in [1.54, 1.807) is 0 Å². The Kier molecular flexibility index (Phi) is 6.07. The SMILES string of the molecule is CC=CC(=CC)CC(C)(C)CC(C)(C)CC. The summed E-state index contributed by atoms with van der Waals surface area (Å²) >= 11 is 0. The Labute approximate surface area is 103 Å². The molecule has 0 spiro atoms. The molecule has 94 valence electrons. The van der Waals surface area contributed by atoms with Crippen molar-refractivity contribution in [1.29, 1.82) is 0 Å². The standard InChI is InChI=1S/C16H30/c1-8-11-14(9-2)12-16(6,7)13-15(4,5)10-3/h8-9,11H,10,12-13H2,1-7H3. The summed E-state index contributed by atoms with van der Waals surface area (Å²) < 4.78 is 0. The molecule has 0 saturated carbocycles. The lowest BCUT2D eigenvalue weighted by molar-refractivity contribution is 0.188. The molecule has 16 heavy (non-hydrogen) atoms. The highest BCUT2D eigenvalue weighted by atomic mass is 14.3. The van der Waals surface area contributed by atoms with Crippen molar-refractivity contribution < 1.29 is 0 Å². The summed E-state index contributed by atoms with van der Waals surface area (Å²) in [5.41, 5.74) is 2.30. The lowest BCUT2D eigenvalue weighted by Crippen LogP contribution is -2.23. The van der Waals surface area contributed by atoms with Gasteiger partial charge in [-0.2, -0.15) is 0 Å². The van der Waals surface area contributed by atoms with Crippen LogP contribution >= 0.6 is 0 Å². The van der Waals surface area contributed by atoms with Gasteiger partial charge in [0.25, 0.3) is 0 Å². The van der Waals surface area contributed by atoms with Crippen LogP contribution in [0.4, 0.5) is 0 Å². The molecule has 0 aliphatic rings. The molecule has 0 heteroatoms. The van der Waals surface area contributed by atoms with E-state index >= 15 is 0 Å². The number of rotatable bonds is 6. The molecule has 0 atom stereocenters. The van der Waals surface area contributed by atoms with Crippen LogP contribution in [0.5, 0.6) is 0 Å². The lowest BCUT2D eigenvalue weighted by atomic mass is 9.71. The fourth-order valence-electron chi connectivity index (χ4n) is 2.51. The molecular formula is C16H30. The monoisotopic (exact) mass is 222 g/mol. The average molecular weight is 222 g/mol. The van der Waals surface area contributed by atoms with Crippen LogP contribution in [0, 0.1) is 10.8 Å². The molecule has 0 aromatic rings. The summed E-state index contributed by atoms with van der Waals surface area (Å²) in [6, 6.07) is 0. The zero-order valence-electron chi connectivity index (χ0n) is 12.4. The molecule has 0 rings (SSSR count). The normalized spacial score (nSPS) is 14.8. The zero-order valence-corrected chi connectivity index (χ0v) is 12.4. The molecule has 0 amide bonds. The van der Waals surface area contributed by atoms with E-state index in [-0.39, 0.29) is 0 Å². The Balaban J connectivity index is 4.56. The molecule has 0 nitrogen and oxygen atoms in total.